The second-order valence-electron chi connectivity index (χ2n) is 0. The summed E-state index contributed by atoms with van der Waals surface area (Å²) in [5.74, 6) is 0. The van der Waals surface area contributed by atoms with Crippen molar-refractivity contribution < 1.29 is 78.8 Å². The Morgan fingerprint density at radius 1 is 0.429 bits per heavy atom. The van der Waals surface area contributed by atoms with E-state index in [1.54, 1.807) is 0 Å². The second-order valence-corrected chi connectivity index (χ2v) is 0. The van der Waals surface area contributed by atoms with Gasteiger partial charge in [-0.3, -0.25) is 0 Å². The predicted molar refractivity (Wildman–Crippen MR) is 5.75 cm³/mol. The van der Waals surface area contributed by atoms with Crippen LogP contribution in [0.15, 0.2) is 0 Å². The third-order valence-corrected chi connectivity index (χ3v) is 0. The molecule has 0 amide bonds. The maximum Gasteiger partial charge on any atom is 3.00 e. The summed E-state index contributed by atoms with van der Waals surface area (Å²) >= 11 is 0. The van der Waals surface area contributed by atoms with Crippen LogP contribution in [0.25, 0.3) is 0 Å². The van der Waals surface area contributed by atoms with Gasteiger partial charge >= 0.3 is 41.2 Å². The smallest absolute Gasteiger partial charge is 1.00 e. The van der Waals surface area contributed by atoms with E-state index in [2.05, 4.69) is 0 Å². The fourth-order valence-electron chi connectivity index (χ4n) is 0. The predicted octanol–water partition coefficient (Wildman–Crippen LogP) is -15.4. The SMILES string of the molecule is [Cl-].[Cl-].[Cl-].[Cl-].[Cl-].[Co+2].[Sb+3]. The molecule has 0 unspecified atom stereocenters. The van der Waals surface area contributed by atoms with Gasteiger partial charge < -0.3 is 62.0 Å². The molecule has 0 rings (SSSR count). The molecule has 0 bridgehead atoms. The summed E-state index contributed by atoms with van der Waals surface area (Å²) in [6.07, 6.45) is 0. The van der Waals surface area contributed by atoms with E-state index < -0.39 is 0 Å². The number of hydrogen-bond acceptors (Lipinski definition) is 0. The Balaban J connectivity index is 0. The summed E-state index contributed by atoms with van der Waals surface area (Å²) in [7, 11) is 0. The molecule has 3 radical (unpaired) electrons. The first-order valence-electron chi connectivity index (χ1n) is 0. The van der Waals surface area contributed by atoms with Crippen LogP contribution in [-0.2, 0) is 16.8 Å². The Bertz CT molecular complexity index is 8.04. The van der Waals surface area contributed by atoms with E-state index in [0.29, 0.717) is 0 Å². The molecule has 0 aromatic heterocycles. The van der Waals surface area contributed by atoms with E-state index in [1.165, 1.54) is 0 Å². The van der Waals surface area contributed by atoms with Crippen molar-refractivity contribution in [2.75, 3.05) is 0 Å². The monoisotopic (exact) mass is 355 g/mol. The van der Waals surface area contributed by atoms with Crippen LogP contribution in [0, 0.1) is 0 Å². The third-order valence-electron chi connectivity index (χ3n) is 0. The largest absolute Gasteiger partial charge is 3.00 e. The molecule has 0 nitrogen and oxygen atoms in total. The van der Waals surface area contributed by atoms with E-state index in [1.807, 2.05) is 0 Å². The molecule has 0 aliphatic heterocycles. The van der Waals surface area contributed by atoms with Crippen molar-refractivity contribution in [3.63, 3.8) is 0 Å². The van der Waals surface area contributed by atoms with Crippen LogP contribution in [0.3, 0.4) is 0 Å². The first kappa shape index (κ1) is 97.8. The molecule has 0 aliphatic carbocycles. The van der Waals surface area contributed by atoms with Gasteiger partial charge in [0.05, 0.1) is 0 Å². The zero-order chi connectivity index (χ0) is 0. The minimum absolute atomic E-state index is 0. The van der Waals surface area contributed by atoms with E-state index >= 15 is 0 Å². The number of hydrogen-bond donors (Lipinski definition) is 0. The zero-order valence-corrected chi connectivity index (χ0v) is 10.0. The molecule has 0 aromatic carbocycles. The van der Waals surface area contributed by atoms with Gasteiger partial charge in [0, 0.05) is 0 Å². The summed E-state index contributed by atoms with van der Waals surface area (Å²) in [6, 6.07) is 0. The fourth-order valence-corrected chi connectivity index (χ4v) is 0. The first-order chi connectivity index (χ1) is 0. The van der Waals surface area contributed by atoms with Crippen molar-refractivity contribution in [1.29, 1.82) is 0 Å². The molecule has 7 heteroatoms. The molecule has 0 aliphatic rings. The second kappa shape index (κ2) is 68.9. The van der Waals surface area contributed by atoms with Crippen LogP contribution in [0.1, 0.15) is 0 Å². The maximum absolute atomic E-state index is 0. The molecule has 0 heterocycles. The molecule has 0 saturated heterocycles. The van der Waals surface area contributed by atoms with Crippen LogP contribution in [0.4, 0.5) is 0 Å². The molecule has 0 spiro atoms. The van der Waals surface area contributed by atoms with Crippen LogP contribution >= 0.6 is 0 Å². The van der Waals surface area contributed by atoms with Crippen molar-refractivity contribution in [3.8, 4) is 0 Å². The zero-order valence-electron chi connectivity index (χ0n) is 2.67. The molecule has 0 N–H and O–H groups in total. The number of halogens is 5. The minimum Gasteiger partial charge on any atom is -1.00 e. The normalized spacial score (nSPS) is 0. The van der Waals surface area contributed by atoms with Crippen molar-refractivity contribution in [2.24, 2.45) is 0 Å². The summed E-state index contributed by atoms with van der Waals surface area (Å²) in [6.45, 7) is 0. The Kier molecular flexibility index (Phi) is 962. The van der Waals surface area contributed by atoms with Gasteiger partial charge in [-0.05, 0) is 0 Å². The van der Waals surface area contributed by atoms with Crippen molar-refractivity contribution in [1.82, 2.24) is 0 Å². The number of rotatable bonds is 0. The van der Waals surface area contributed by atoms with Crippen LogP contribution in [-0.4, -0.2) is 24.4 Å². The van der Waals surface area contributed by atoms with E-state index in [4.69, 9.17) is 0 Å². The summed E-state index contributed by atoms with van der Waals surface area (Å²) in [5, 5.41) is 0. The summed E-state index contributed by atoms with van der Waals surface area (Å²) < 4.78 is 0. The molecule has 0 atom stereocenters. The van der Waals surface area contributed by atoms with E-state index in [0.717, 1.165) is 0 Å². The van der Waals surface area contributed by atoms with Gasteiger partial charge in [-0.15, -0.1) is 0 Å². The summed E-state index contributed by atoms with van der Waals surface area (Å²) in [5.41, 5.74) is 0. The quantitative estimate of drug-likeness (QED) is 0.378. The molecular weight excluding hydrogens is 358 g/mol. The fraction of sp³-hybridized carbons (Fsp3) is 0. The Morgan fingerprint density at radius 2 is 0.429 bits per heavy atom. The Morgan fingerprint density at radius 3 is 0.429 bits per heavy atom. The van der Waals surface area contributed by atoms with Crippen LogP contribution in [0.2, 0.25) is 0 Å². The molecular formula is Cl5CoSb. The Labute approximate surface area is 102 Å². The molecule has 7 heavy (non-hydrogen) atoms. The van der Waals surface area contributed by atoms with Gasteiger partial charge in [0.1, 0.15) is 0 Å². The average Bonchev–Trinajstić information content (AvgIpc) is 0. The van der Waals surface area contributed by atoms with Gasteiger partial charge in [-0.25, -0.2) is 0 Å². The minimum atomic E-state index is 0. The molecule has 49 valence electrons. The van der Waals surface area contributed by atoms with Gasteiger partial charge in [0.15, 0.2) is 0 Å². The average molecular weight is 358 g/mol. The maximum atomic E-state index is 0. The van der Waals surface area contributed by atoms with Crippen LogP contribution < -0.4 is 62.0 Å². The van der Waals surface area contributed by atoms with Gasteiger partial charge in [0.25, 0.3) is 0 Å². The van der Waals surface area contributed by atoms with Gasteiger partial charge in [-0.1, -0.05) is 0 Å². The Hall–Kier alpha value is 2.77. The first-order valence-corrected chi connectivity index (χ1v) is 0. The third kappa shape index (κ3) is 52.3. The molecule has 0 saturated carbocycles. The van der Waals surface area contributed by atoms with Crippen molar-refractivity contribution in [3.05, 3.63) is 0 Å². The molecule has 0 fully saturated rings. The van der Waals surface area contributed by atoms with Crippen LogP contribution in [0.5, 0.6) is 0 Å². The van der Waals surface area contributed by atoms with Crippen molar-refractivity contribution >= 4 is 24.4 Å². The van der Waals surface area contributed by atoms with Gasteiger partial charge in [-0.2, -0.15) is 0 Å². The van der Waals surface area contributed by atoms with E-state index in [9.17, 15) is 0 Å². The van der Waals surface area contributed by atoms with Crippen molar-refractivity contribution in [2.45, 2.75) is 0 Å². The standard InChI is InChI=1S/5ClH.Co.Sb/h5*1H;;/q;;;;;+2;+3/p-5. The van der Waals surface area contributed by atoms with E-state index in [-0.39, 0.29) is 103 Å². The summed E-state index contributed by atoms with van der Waals surface area (Å²) in [4.78, 5) is 0. The molecule has 0 aromatic rings. The topological polar surface area (TPSA) is 0 Å². The van der Waals surface area contributed by atoms with Gasteiger partial charge in [0.2, 0.25) is 0 Å².